The third kappa shape index (κ3) is 3.17. The summed E-state index contributed by atoms with van der Waals surface area (Å²) in [6.45, 7) is 4.13. The second kappa shape index (κ2) is 6.70. The van der Waals surface area contributed by atoms with E-state index < -0.39 is 0 Å². The first-order valence-electron chi connectivity index (χ1n) is 9.55. The molecule has 1 amide bonds. The zero-order valence-corrected chi connectivity index (χ0v) is 16.3. The maximum Gasteiger partial charge on any atom is 0.274 e. The maximum atomic E-state index is 12.6. The monoisotopic (exact) mass is 391 g/mol. The van der Waals surface area contributed by atoms with E-state index in [0.29, 0.717) is 30.5 Å². The highest BCUT2D eigenvalue weighted by Gasteiger charge is 2.53. The largest absolute Gasteiger partial charge is 0.337 e. The number of rotatable bonds is 3. The fraction of sp³-hybridized carbons (Fsp3) is 0.400. The van der Waals surface area contributed by atoms with Crippen LogP contribution < -0.4 is 0 Å². The van der Waals surface area contributed by atoms with Gasteiger partial charge >= 0.3 is 0 Å². The summed E-state index contributed by atoms with van der Waals surface area (Å²) in [6, 6.07) is 3.80. The van der Waals surface area contributed by atoms with Crippen LogP contribution in [-0.2, 0) is 0 Å². The molecule has 0 aliphatic carbocycles. The van der Waals surface area contributed by atoms with Crippen LogP contribution in [0.2, 0.25) is 0 Å². The van der Waals surface area contributed by atoms with Crippen LogP contribution in [0.4, 0.5) is 0 Å². The molecule has 0 bridgehead atoms. The lowest BCUT2D eigenvalue weighted by Gasteiger charge is -2.47. The summed E-state index contributed by atoms with van der Waals surface area (Å²) in [5.74, 6) is 1.09. The molecule has 29 heavy (non-hydrogen) atoms. The highest BCUT2D eigenvalue weighted by atomic mass is 16.5. The van der Waals surface area contributed by atoms with Gasteiger partial charge in [0, 0.05) is 49.2 Å². The molecule has 0 N–H and O–H groups in total. The summed E-state index contributed by atoms with van der Waals surface area (Å²) >= 11 is 0. The van der Waals surface area contributed by atoms with Gasteiger partial charge in [-0.25, -0.2) is 4.98 Å². The van der Waals surface area contributed by atoms with E-state index in [1.807, 2.05) is 24.0 Å². The molecule has 3 aromatic rings. The first-order valence-corrected chi connectivity index (χ1v) is 9.55. The Labute approximate surface area is 167 Å². The quantitative estimate of drug-likeness (QED) is 0.666. The molecule has 0 saturated carbocycles. The molecule has 2 saturated heterocycles. The summed E-state index contributed by atoms with van der Waals surface area (Å²) < 4.78 is 5.56. The van der Waals surface area contributed by atoms with Crippen molar-refractivity contribution >= 4 is 5.91 Å². The minimum atomic E-state index is -0.0640. The molecular formula is C20H21N7O2. The molecule has 5 rings (SSSR count). The average molecular weight is 391 g/mol. The molecule has 2 fully saturated rings. The molecule has 2 aliphatic rings. The van der Waals surface area contributed by atoms with Gasteiger partial charge in [0.15, 0.2) is 0 Å². The van der Waals surface area contributed by atoms with Crippen LogP contribution in [0.3, 0.4) is 0 Å². The number of likely N-dealkylation sites (tertiary alicyclic amines) is 2. The van der Waals surface area contributed by atoms with Crippen LogP contribution in [0.25, 0.3) is 11.4 Å². The van der Waals surface area contributed by atoms with Crippen molar-refractivity contribution in [3.8, 4) is 11.4 Å². The SMILES string of the molecule is Cc1cnc(C(=O)N2CC3(C[C@@H](c4nc(-c5cccnc5)no4)N(C)C3)C2)cn1. The van der Waals surface area contributed by atoms with Crippen LogP contribution in [-0.4, -0.2) is 67.5 Å². The molecule has 0 aromatic carbocycles. The van der Waals surface area contributed by atoms with Gasteiger partial charge in [-0.05, 0) is 32.5 Å². The van der Waals surface area contributed by atoms with E-state index in [2.05, 4.69) is 37.0 Å². The van der Waals surface area contributed by atoms with Gasteiger partial charge in [-0.15, -0.1) is 0 Å². The van der Waals surface area contributed by atoms with Crippen molar-refractivity contribution in [2.24, 2.45) is 5.41 Å². The van der Waals surface area contributed by atoms with Gasteiger partial charge in [-0.3, -0.25) is 19.7 Å². The Morgan fingerprint density at radius 2 is 2.07 bits per heavy atom. The Bertz CT molecular complexity index is 1030. The summed E-state index contributed by atoms with van der Waals surface area (Å²) in [5, 5.41) is 4.11. The molecule has 148 valence electrons. The van der Waals surface area contributed by atoms with Gasteiger partial charge in [-0.1, -0.05) is 5.16 Å². The van der Waals surface area contributed by atoms with E-state index in [1.165, 1.54) is 0 Å². The fourth-order valence-corrected chi connectivity index (χ4v) is 4.33. The Morgan fingerprint density at radius 1 is 1.21 bits per heavy atom. The molecule has 0 unspecified atom stereocenters. The molecule has 9 heteroatoms. The van der Waals surface area contributed by atoms with Crippen LogP contribution in [0, 0.1) is 12.3 Å². The minimum absolute atomic E-state index is 0.0457. The van der Waals surface area contributed by atoms with Gasteiger partial charge in [0.2, 0.25) is 11.7 Å². The normalized spacial score (nSPS) is 20.8. The summed E-state index contributed by atoms with van der Waals surface area (Å²) in [7, 11) is 2.06. The Balaban J connectivity index is 1.27. The highest BCUT2D eigenvalue weighted by Crippen LogP contribution is 2.47. The molecule has 3 aromatic heterocycles. The number of carbonyl (C=O) groups is 1. The van der Waals surface area contributed by atoms with Crippen molar-refractivity contribution in [2.75, 3.05) is 26.7 Å². The predicted octanol–water partition coefficient (Wildman–Crippen LogP) is 1.75. The molecule has 1 spiro atoms. The summed E-state index contributed by atoms with van der Waals surface area (Å²) in [6.07, 6.45) is 7.48. The van der Waals surface area contributed by atoms with Crippen LogP contribution in [0.1, 0.15) is 34.5 Å². The van der Waals surface area contributed by atoms with E-state index in [0.717, 1.165) is 24.2 Å². The van der Waals surface area contributed by atoms with Gasteiger partial charge < -0.3 is 9.42 Å². The van der Waals surface area contributed by atoms with Crippen molar-refractivity contribution in [3.05, 3.63) is 54.2 Å². The lowest BCUT2D eigenvalue weighted by atomic mass is 9.77. The van der Waals surface area contributed by atoms with Crippen LogP contribution >= 0.6 is 0 Å². The van der Waals surface area contributed by atoms with E-state index in [9.17, 15) is 4.79 Å². The highest BCUT2D eigenvalue weighted by molar-refractivity contribution is 5.92. The zero-order chi connectivity index (χ0) is 20.0. The van der Waals surface area contributed by atoms with E-state index in [4.69, 9.17) is 4.52 Å². The second-order valence-electron chi connectivity index (χ2n) is 8.04. The van der Waals surface area contributed by atoms with Gasteiger partial charge in [0.25, 0.3) is 5.91 Å². The Kier molecular flexibility index (Phi) is 4.13. The lowest BCUT2D eigenvalue weighted by Crippen LogP contribution is -2.59. The van der Waals surface area contributed by atoms with Crippen molar-refractivity contribution in [2.45, 2.75) is 19.4 Å². The molecular weight excluding hydrogens is 370 g/mol. The number of carbonyl (C=O) groups excluding carboxylic acids is 1. The smallest absolute Gasteiger partial charge is 0.274 e. The van der Waals surface area contributed by atoms with Gasteiger partial charge in [0.1, 0.15) is 5.69 Å². The number of pyridine rings is 1. The number of hydrogen-bond acceptors (Lipinski definition) is 8. The van der Waals surface area contributed by atoms with Gasteiger partial charge in [0.05, 0.1) is 17.9 Å². The van der Waals surface area contributed by atoms with Crippen LogP contribution in [0.5, 0.6) is 0 Å². The molecule has 5 heterocycles. The number of nitrogens with zero attached hydrogens (tertiary/aromatic N) is 7. The lowest BCUT2D eigenvalue weighted by molar-refractivity contribution is 0.0109. The first kappa shape index (κ1) is 17.9. The Morgan fingerprint density at radius 3 is 2.79 bits per heavy atom. The fourth-order valence-electron chi connectivity index (χ4n) is 4.33. The van der Waals surface area contributed by atoms with E-state index in [1.54, 1.807) is 24.8 Å². The number of amides is 1. The number of aromatic nitrogens is 5. The topological polar surface area (TPSA) is 101 Å². The van der Waals surface area contributed by atoms with Crippen molar-refractivity contribution in [1.82, 2.24) is 34.9 Å². The Hall–Kier alpha value is -3.20. The van der Waals surface area contributed by atoms with E-state index in [-0.39, 0.29) is 17.4 Å². The maximum absolute atomic E-state index is 12.6. The summed E-state index contributed by atoms with van der Waals surface area (Å²) in [4.78, 5) is 33.8. The second-order valence-corrected chi connectivity index (χ2v) is 8.04. The predicted molar refractivity (Wildman–Crippen MR) is 103 cm³/mol. The van der Waals surface area contributed by atoms with Gasteiger partial charge in [-0.2, -0.15) is 4.98 Å². The number of aryl methyl sites for hydroxylation is 1. The molecule has 0 radical (unpaired) electrons. The molecule has 9 nitrogen and oxygen atoms in total. The molecule has 2 aliphatic heterocycles. The zero-order valence-electron chi connectivity index (χ0n) is 16.3. The molecule has 1 atom stereocenters. The number of hydrogen-bond donors (Lipinski definition) is 0. The minimum Gasteiger partial charge on any atom is -0.337 e. The van der Waals surface area contributed by atoms with Crippen LogP contribution in [0.15, 0.2) is 41.4 Å². The summed E-state index contributed by atoms with van der Waals surface area (Å²) in [5.41, 5.74) is 2.08. The van der Waals surface area contributed by atoms with E-state index >= 15 is 0 Å². The van der Waals surface area contributed by atoms with Crippen molar-refractivity contribution in [1.29, 1.82) is 0 Å². The first-order chi connectivity index (χ1) is 14.0. The third-order valence-corrected chi connectivity index (χ3v) is 5.73. The van der Waals surface area contributed by atoms with Crippen molar-refractivity contribution < 1.29 is 9.32 Å². The standard InChI is InChI=1S/C20H21N7O2/c1-13-7-23-15(9-22-13)19(28)27-11-20(12-27)6-16(26(2)10-20)18-24-17(25-29-18)14-4-3-5-21-8-14/h3-5,7-9,16H,6,10-12H2,1-2H3/t16-/m0/s1. The third-order valence-electron chi connectivity index (χ3n) is 5.73. The average Bonchev–Trinajstić information content (AvgIpc) is 3.32. The van der Waals surface area contributed by atoms with Crippen molar-refractivity contribution in [3.63, 3.8) is 0 Å².